The van der Waals surface area contributed by atoms with Crippen molar-refractivity contribution in [2.45, 2.75) is 37.3 Å². The van der Waals surface area contributed by atoms with Gasteiger partial charge in [-0.1, -0.05) is 35.2 Å². The number of aromatic nitrogens is 5. The molecule has 0 spiro atoms. The van der Waals surface area contributed by atoms with Crippen molar-refractivity contribution >= 4 is 34.1 Å². The number of amides is 1. The highest BCUT2D eigenvalue weighted by Crippen LogP contribution is 2.31. The minimum Gasteiger partial charge on any atom is -0.493 e. The van der Waals surface area contributed by atoms with E-state index in [2.05, 4.69) is 25.7 Å². The third kappa shape index (κ3) is 5.04. The molecular formula is C18H22N6O3S2. The van der Waals surface area contributed by atoms with Crippen molar-refractivity contribution in [2.24, 2.45) is 7.05 Å². The molecule has 3 aromatic rings. The van der Waals surface area contributed by atoms with Gasteiger partial charge in [0.1, 0.15) is 5.01 Å². The lowest BCUT2D eigenvalue weighted by atomic mass is 10.3. The summed E-state index contributed by atoms with van der Waals surface area (Å²) in [6, 6.07) is 7.42. The summed E-state index contributed by atoms with van der Waals surface area (Å²) in [7, 11) is 3.44. The van der Waals surface area contributed by atoms with Gasteiger partial charge in [0.15, 0.2) is 28.6 Å². The fraction of sp³-hybridized carbons (Fsp3) is 0.389. The maximum absolute atomic E-state index is 12.4. The molecule has 0 fully saturated rings. The van der Waals surface area contributed by atoms with Gasteiger partial charge in [0, 0.05) is 7.05 Å². The van der Waals surface area contributed by atoms with E-state index in [-0.39, 0.29) is 17.3 Å². The first kappa shape index (κ1) is 21.1. The zero-order chi connectivity index (χ0) is 21.0. The van der Waals surface area contributed by atoms with Crippen molar-refractivity contribution in [1.29, 1.82) is 0 Å². The van der Waals surface area contributed by atoms with E-state index in [0.717, 1.165) is 5.01 Å². The molecule has 2 atom stereocenters. The van der Waals surface area contributed by atoms with E-state index in [0.29, 0.717) is 27.6 Å². The molecule has 1 N–H and O–H groups in total. The molecule has 9 nitrogen and oxygen atoms in total. The largest absolute Gasteiger partial charge is 0.493 e. The van der Waals surface area contributed by atoms with Gasteiger partial charge in [0.05, 0.1) is 12.4 Å². The highest BCUT2D eigenvalue weighted by atomic mass is 32.2. The Bertz CT molecular complexity index is 990. The molecule has 29 heavy (non-hydrogen) atoms. The van der Waals surface area contributed by atoms with Crippen LogP contribution >= 0.6 is 23.1 Å². The van der Waals surface area contributed by atoms with Crippen LogP contribution in [0.2, 0.25) is 0 Å². The fourth-order valence-electron chi connectivity index (χ4n) is 2.51. The summed E-state index contributed by atoms with van der Waals surface area (Å²) < 4.78 is 13.1. The van der Waals surface area contributed by atoms with Gasteiger partial charge >= 0.3 is 0 Å². The van der Waals surface area contributed by atoms with Gasteiger partial charge in [-0.15, -0.1) is 20.4 Å². The van der Waals surface area contributed by atoms with Crippen molar-refractivity contribution in [3.05, 3.63) is 35.1 Å². The second-order valence-corrected chi connectivity index (χ2v) is 8.68. The van der Waals surface area contributed by atoms with Gasteiger partial charge in [0.2, 0.25) is 11.0 Å². The Balaban J connectivity index is 1.65. The van der Waals surface area contributed by atoms with E-state index in [1.165, 1.54) is 23.1 Å². The molecule has 0 radical (unpaired) electrons. The van der Waals surface area contributed by atoms with Gasteiger partial charge in [-0.3, -0.25) is 10.1 Å². The number of para-hydroxylation sites is 2. The van der Waals surface area contributed by atoms with Crippen LogP contribution in [0.5, 0.6) is 11.5 Å². The minimum atomic E-state index is -0.389. The molecule has 2 aromatic heterocycles. The maximum Gasteiger partial charge on any atom is 0.239 e. The monoisotopic (exact) mass is 434 g/mol. The normalized spacial score (nSPS) is 13.0. The topological polar surface area (TPSA) is 104 Å². The van der Waals surface area contributed by atoms with Gasteiger partial charge in [-0.2, -0.15) is 0 Å². The molecule has 0 saturated heterocycles. The number of carbonyl (C=O) groups excluding carboxylic acids is 1. The van der Waals surface area contributed by atoms with Crippen LogP contribution in [0.1, 0.15) is 30.8 Å². The molecule has 0 aliphatic heterocycles. The summed E-state index contributed by atoms with van der Waals surface area (Å²) in [5, 5.41) is 20.5. The van der Waals surface area contributed by atoms with Gasteiger partial charge in [0.25, 0.3) is 0 Å². The van der Waals surface area contributed by atoms with E-state index in [9.17, 15) is 4.79 Å². The number of aryl methyl sites for hydroxylation is 1. The van der Waals surface area contributed by atoms with Crippen LogP contribution in [0.25, 0.3) is 0 Å². The number of hydrogen-bond donors (Lipinski definition) is 1. The lowest BCUT2D eigenvalue weighted by molar-refractivity contribution is -0.115. The predicted molar refractivity (Wildman–Crippen MR) is 112 cm³/mol. The van der Waals surface area contributed by atoms with Crippen LogP contribution in [-0.4, -0.2) is 43.2 Å². The van der Waals surface area contributed by atoms with E-state index < -0.39 is 0 Å². The second-order valence-electron chi connectivity index (χ2n) is 6.19. The molecule has 0 saturated carbocycles. The summed E-state index contributed by atoms with van der Waals surface area (Å²) in [5.74, 6) is 1.74. The van der Waals surface area contributed by atoms with Crippen molar-refractivity contribution < 1.29 is 14.3 Å². The van der Waals surface area contributed by atoms with Crippen LogP contribution in [0.3, 0.4) is 0 Å². The van der Waals surface area contributed by atoms with Crippen molar-refractivity contribution in [2.75, 3.05) is 12.4 Å². The molecule has 154 valence electrons. The number of rotatable bonds is 8. The molecule has 0 aliphatic carbocycles. The number of thioether (sulfide) groups is 1. The number of nitrogens with zero attached hydrogens (tertiary/aromatic N) is 5. The molecule has 2 heterocycles. The highest BCUT2D eigenvalue weighted by Gasteiger charge is 2.23. The Hall–Kier alpha value is -2.66. The van der Waals surface area contributed by atoms with Gasteiger partial charge in [-0.05, 0) is 32.9 Å². The average Bonchev–Trinajstić information content (AvgIpc) is 3.27. The maximum atomic E-state index is 12.4. The van der Waals surface area contributed by atoms with Crippen LogP contribution in [-0.2, 0) is 11.8 Å². The fourth-order valence-corrected chi connectivity index (χ4v) is 3.92. The Labute approximate surface area is 176 Å². The lowest BCUT2D eigenvalue weighted by Gasteiger charge is -2.16. The zero-order valence-electron chi connectivity index (χ0n) is 16.7. The zero-order valence-corrected chi connectivity index (χ0v) is 18.4. The molecule has 0 bridgehead atoms. The summed E-state index contributed by atoms with van der Waals surface area (Å²) in [6.45, 7) is 5.52. The Morgan fingerprint density at radius 3 is 2.55 bits per heavy atom. The molecule has 1 aromatic carbocycles. The molecule has 1 amide bonds. The van der Waals surface area contributed by atoms with Crippen LogP contribution < -0.4 is 14.8 Å². The van der Waals surface area contributed by atoms with Crippen LogP contribution in [0, 0.1) is 6.92 Å². The van der Waals surface area contributed by atoms with E-state index in [1.54, 1.807) is 14.0 Å². The summed E-state index contributed by atoms with van der Waals surface area (Å²) in [5.41, 5.74) is 0. The van der Waals surface area contributed by atoms with Crippen LogP contribution in [0.15, 0.2) is 29.4 Å². The molecule has 11 heteroatoms. The number of carbonyl (C=O) groups is 1. The number of methoxy groups -OCH3 is 1. The third-order valence-electron chi connectivity index (χ3n) is 4.01. The quantitative estimate of drug-likeness (QED) is 0.539. The summed E-state index contributed by atoms with van der Waals surface area (Å²) in [6.07, 6.45) is -0.355. The highest BCUT2D eigenvalue weighted by molar-refractivity contribution is 8.00. The first-order chi connectivity index (χ1) is 13.9. The smallest absolute Gasteiger partial charge is 0.239 e. The molecular weight excluding hydrogens is 412 g/mol. The molecule has 3 rings (SSSR count). The Morgan fingerprint density at radius 1 is 1.17 bits per heavy atom. The average molecular weight is 435 g/mol. The van der Waals surface area contributed by atoms with E-state index >= 15 is 0 Å². The summed E-state index contributed by atoms with van der Waals surface area (Å²) >= 11 is 2.64. The molecule has 0 aliphatic rings. The van der Waals surface area contributed by atoms with Crippen molar-refractivity contribution in [1.82, 2.24) is 25.0 Å². The van der Waals surface area contributed by atoms with Crippen LogP contribution in [0.4, 0.5) is 5.13 Å². The lowest BCUT2D eigenvalue weighted by Crippen LogP contribution is -2.22. The van der Waals surface area contributed by atoms with Gasteiger partial charge in [-0.25, -0.2) is 0 Å². The van der Waals surface area contributed by atoms with Crippen molar-refractivity contribution in [3.63, 3.8) is 0 Å². The second kappa shape index (κ2) is 9.23. The molecule has 2 unspecified atom stereocenters. The number of ether oxygens (including phenoxy) is 2. The first-order valence-electron chi connectivity index (χ1n) is 8.85. The number of nitrogens with one attached hydrogen (secondary N) is 1. The predicted octanol–water partition coefficient (Wildman–Crippen LogP) is 3.24. The standard InChI is InChI=1S/C18H22N6O3S2/c1-10(27-14-9-7-6-8-13(14)26-5)15-21-23-18(24(15)4)28-11(2)16(25)19-17-22-20-12(3)29-17/h6-11H,1-5H3,(H,19,22,25). The SMILES string of the molecule is COc1ccccc1OC(C)c1nnc(SC(C)C(=O)Nc2nnc(C)s2)n1C. The minimum absolute atomic E-state index is 0.172. The number of anilines is 1. The van der Waals surface area contributed by atoms with E-state index in [4.69, 9.17) is 9.47 Å². The Morgan fingerprint density at radius 2 is 1.90 bits per heavy atom. The van der Waals surface area contributed by atoms with E-state index in [1.807, 2.05) is 49.7 Å². The number of benzene rings is 1. The summed E-state index contributed by atoms with van der Waals surface area (Å²) in [4.78, 5) is 12.4. The van der Waals surface area contributed by atoms with Crippen molar-refractivity contribution in [3.8, 4) is 11.5 Å². The Kier molecular flexibility index (Phi) is 6.70. The number of hydrogen-bond acceptors (Lipinski definition) is 9. The van der Waals surface area contributed by atoms with Gasteiger partial charge < -0.3 is 14.0 Å². The third-order valence-corrected chi connectivity index (χ3v) is 5.90. The first-order valence-corrected chi connectivity index (χ1v) is 10.5.